The van der Waals surface area contributed by atoms with Gasteiger partial charge in [0.05, 0.1) is 31.6 Å². The third-order valence-corrected chi connectivity index (χ3v) is 6.86. The Hall–Kier alpha value is -2.91. The molecule has 1 aromatic carbocycles. The zero-order valence-electron chi connectivity index (χ0n) is 17.6. The maximum Gasteiger partial charge on any atom is 0.410 e. The van der Waals surface area contributed by atoms with Crippen molar-refractivity contribution in [1.29, 1.82) is 0 Å². The molecule has 1 amide bonds. The number of hydrogen-bond acceptors (Lipinski definition) is 6. The summed E-state index contributed by atoms with van der Waals surface area (Å²) in [4.78, 5) is 41.6. The molecule has 1 fully saturated rings. The van der Waals surface area contributed by atoms with Crippen LogP contribution in [0.2, 0.25) is 0 Å². The molecule has 0 saturated carbocycles. The van der Waals surface area contributed by atoms with Gasteiger partial charge in [-0.3, -0.25) is 18.8 Å². The van der Waals surface area contributed by atoms with E-state index in [2.05, 4.69) is 0 Å². The Morgan fingerprint density at radius 3 is 2.55 bits per heavy atom. The van der Waals surface area contributed by atoms with Crippen molar-refractivity contribution in [2.45, 2.75) is 33.0 Å². The monoisotopic (exact) mass is 443 g/mol. The lowest BCUT2D eigenvalue weighted by atomic mass is 10.1. The van der Waals surface area contributed by atoms with E-state index in [-0.39, 0.29) is 17.3 Å². The number of fused-ring (bicyclic) bond motifs is 1. The lowest BCUT2D eigenvalue weighted by Gasteiger charge is -2.12. The zero-order valence-corrected chi connectivity index (χ0v) is 18.4. The average Bonchev–Trinajstić information content (AvgIpc) is 3.32. The highest BCUT2D eigenvalue weighted by Gasteiger charge is 2.26. The van der Waals surface area contributed by atoms with E-state index in [0.717, 1.165) is 16.0 Å². The molecule has 0 bridgehead atoms. The van der Waals surface area contributed by atoms with Crippen LogP contribution >= 0.6 is 11.3 Å². The zero-order chi connectivity index (χ0) is 22.0. The Morgan fingerprint density at radius 1 is 1.10 bits per heavy atom. The first-order chi connectivity index (χ1) is 15.0. The van der Waals surface area contributed by atoms with Crippen LogP contribution in [0, 0.1) is 6.92 Å². The van der Waals surface area contributed by atoms with Gasteiger partial charge in [0, 0.05) is 18.5 Å². The van der Waals surface area contributed by atoms with Gasteiger partial charge in [-0.1, -0.05) is 30.3 Å². The van der Waals surface area contributed by atoms with E-state index in [9.17, 15) is 14.4 Å². The molecule has 1 aliphatic heterocycles. The van der Waals surface area contributed by atoms with E-state index in [0.29, 0.717) is 56.0 Å². The molecule has 164 valence electrons. The normalized spacial score (nSPS) is 13.9. The van der Waals surface area contributed by atoms with Gasteiger partial charge in [0.25, 0.3) is 5.56 Å². The summed E-state index contributed by atoms with van der Waals surface area (Å²) in [6, 6.07) is 9.78. The summed E-state index contributed by atoms with van der Waals surface area (Å²) in [6.45, 7) is 4.14. The second-order valence-corrected chi connectivity index (χ2v) is 8.57. The minimum atomic E-state index is -0.353. The molecule has 4 rings (SSSR count). The number of rotatable bonds is 8. The van der Waals surface area contributed by atoms with Crippen molar-refractivity contribution < 1.29 is 14.3 Å². The minimum Gasteiger partial charge on any atom is -0.448 e. The van der Waals surface area contributed by atoms with Gasteiger partial charge in [0.15, 0.2) is 0 Å². The molecule has 0 unspecified atom stereocenters. The van der Waals surface area contributed by atoms with Gasteiger partial charge >= 0.3 is 11.8 Å². The Balaban J connectivity index is 1.78. The second-order valence-electron chi connectivity index (χ2n) is 7.49. The summed E-state index contributed by atoms with van der Waals surface area (Å²) in [7, 11) is 1.58. The van der Waals surface area contributed by atoms with Crippen molar-refractivity contribution in [1.82, 2.24) is 14.0 Å². The van der Waals surface area contributed by atoms with Crippen molar-refractivity contribution in [2.75, 3.05) is 26.9 Å². The molecular weight excluding hydrogens is 418 g/mol. The van der Waals surface area contributed by atoms with Crippen LogP contribution < -0.4 is 11.2 Å². The highest BCUT2D eigenvalue weighted by molar-refractivity contribution is 7.18. The number of thiophene rings is 1. The fourth-order valence-corrected chi connectivity index (χ4v) is 5.13. The average molecular weight is 444 g/mol. The number of methoxy groups -OCH3 is 1. The van der Waals surface area contributed by atoms with Crippen LogP contribution in [0.1, 0.15) is 16.0 Å². The first-order valence-electron chi connectivity index (χ1n) is 10.2. The molecule has 1 aliphatic rings. The van der Waals surface area contributed by atoms with Gasteiger partial charge in [0.1, 0.15) is 11.4 Å². The smallest absolute Gasteiger partial charge is 0.410 e. The SMILES string of the molecule is COCCn1c(=O)n(CCc2ccccc2)c(=O)c2c(C)c(CN3CCOC3=O)sc21. The Morgan fingerprint density at radius 2 is 1.87 bits per heavy atom. The standard InChI is InChI=1S/C22H25N3O5S/c1-15-17(14-23-10-13-30-22(23)28)31-20-18(15)19(26)24(21(27)25(20)11-12-29-2)9-8-16-6-4-3-5-7-16/h3-7H,8-14H2,1-2H3. The third-order valence-electron chi connectivity index (χ3n) is 5.56. The first-order valence-corrected chi connectivity index (χ1v) is 11.0. The Labute approximate surface area is 183 Å². The topological polar surface area (TPSA) is 82.8 Å². The molecule has 1 saturated heterocycles. The van der Waals surface area contributed by atoms with Crippen LogP contribution in [-0.4, -0.2) is 47.0 Å². The van der Waals surface area contributed by atoms with E-state index in [4.69, 9.17) is 9.47 Å². The summed E-state index contributed by atoms with van der Waals surface area (Å²) in [5.41, 5.74) is 1.25. The molecular formula is C22H25N3O5S. The van der Waals surface area contributed by atoms with Crippen LogP contribution in [0.15, 0.2) is 39.9 Å². The van der Waals surface area contributed by atoms with Gasteiger partial charge in [-0.15, -0.1) is 11.3 Å². The van der Waals surface area contributed by atoms with E-state index in [1.165, 1.54) is 15.9 Å². The summed E-state index contributed by atoms with van der Waals surface area (Å²) >= 11 is 1.39. The molecule has 9 heteroatoms. The number of hydrogen-bond donors (Lipinski definition) is 0. The summed E-state index contributed by atoms with van der Waals surface area (Å²) in [6.07, 6.45) is 0.232. The maximum atomic E-state index is 13.4. The van der Waals surface area contributed by atoms with Crippen LogP contribution in [0.4, 0.5) is 4.79 Å². The molecule has 0 spiro atoms. The van der Waals surface area contributed by atoms with Crippen molar-refractivity contribution in [3.8, 4) is 0 Å². The van der Waals surface area contributed by atoms with E-state index in [1.807, 2.05) is 37.3 Å². The van der Waals surface area contributed by atoms with Crippen LogP contribution in [-0.2, 0) is 35.5 Å². The van der Waals surface area contributed by atoms with E-state index >= 15 is 0 Å². The largest absolute Gasteiger partial charge is 0.448 e. The Bertz CT molecular complexity index is 1210. The van der Waals surface area contributed by atoms with Crippen molar-refractivity contribution in [2.24, 2.45) is 0 Å². The first kappa shape index (κ1) is 21.3. The van der Waals surface area contributed by atoms with Crippen molar-refractivity contribution in [3.63, 3.8) is 0 Å². The maximum absolute atomic E-state index is 13.4. The summed E-state index contributed by atoms with van der Waals surface area (Å²) in [5.74, 6) is 0. The van der Waals surface area contributed by atoms with Crippen LogP contribution in [0.3, 0.4) is 0 Å². The molecule has 0 atom stereocenters. The number of ether oxygens (including phenoxy) is 2. The van der Waals surface area contributed by atoms with Gasteiger partial charge in [-0.25, -0.2) is 9.59 Å². The fraction of sp³-hybridized carbons (Fsp3) is 0.409. The van der Waals surface area contributed by atoms with E-state index < -0.39 is 0 Å². The predicted molar refractivity (Wildman–Crippen MR) is 119 cm³/mol. The number of aryl methyl sites for hydroxylation is 2. The van der Waals surface area contributed by atoms with Crippen LogP contribution in [0.25, 0.3) is 10.2 Å². The number of benzene rings is 1. The molecule has 0 N–H and O–H groups in total. The van der Waals surface area contributed by atoms with Gasteiger partial charge in [0.2, 0.25) is 0 Å². The number of carbonyl (C=O) groups excluding carboxylic acids is 1. The molecule has 0 aliphatic carbocycles. The molecule has 3 aromatic rings. The number of cyclic esters (lactones) is 1. The molecule has 31 heavy (non-hydrogen) atoms. The van der Waals surface area contributed by atoms with Crippen molar-refractivity contribution in [3.05, 3.63) is 67.2 Å². The molecule has 0 radical (unpaired) electrons. The molecule has 3 heterocycles. The van der Waals surface area contributed by atoms with Gasteiger partial charge < -0.3 is 9.47 Å². The highest BCUT2D eigenvalue weighted by Crippen LogP contribution is 2.29. The number of carbonyl (C=O) groups is 1. The number of nitrogens with zero attached hydrogens (tertiary/aromatic N) is 3. The predicted octanol–water partition coefficient (Wildman–Crippen LogP) is 2.37. The third kappa shape index (κ3) is 4.15. The van der Waals surface area contributed by atoms with Crippen LogP contribution in [0.5, 0.6) is 0 Å². The van der Waals surface area contributed by atoms with Gasteiger partial charge in [-0.05, 0) is 24.5 Å². The quantitative estimate of drug-likeness (QED) is 0.534. The summed E-state index contributed by atoms with van der Waals surface area (Å²) < 4.78 is 13.2. The second kappa shape index (κ2) is 9.07. The number of aromatic nitrogens is 2. The Kier molecular flexibility index (Phi) is 6.24. The minimum absolute atomic E-state index is 0.284. The fourth-order valence-electron chi connectivity index (χ4n) is 3.80. The van der Waals surface area contributed by atoms with E-state index in [1.54, 1.807) is 16.6 Å². The number of amides is 1. The highest BCUT2D eigenvalue weighted by atomic mass is 32.1. The molecule has 2 aromatic heterocycles. The van der Waals surface area contributed by atoms with Gasteiger partial charge in [-0.2, -0.15) is 0 Å². The lowest BCUT2D eigenvalue weighted by molar-refractivity contribution is 0.157. The molecule has 8 nitrogen and oxygen atoms in total. The lowest BCUT2D eigenvalue weighted by Crippen LogP contribution is -2.40. The summed E-state index contributed by atoms with van der Waals surface area (Å²) in [5, 5.41) is 0.538. The van der Waals surface area contributed by atoms with Crippen molar-refractivity contribution >= 4 is 27.6 Å².